The number of halogens is 1. The van der Waals surface area contributed by atoms with Gasteiger partial charge >= 0.3 is 0 Å². The van der Waals surface area contributed by atoms with Gasteiger partial charge in [-0.05, 0) is 24.3 Å². The van der Waals surface area contributed by atoms with E-state index < -0.39 is 0 Å². The standard InChI is InChI=1S/C14H13FN4OS/c15-10-1-3-11(4-2-10)21-8-13(20)19-6-9-5-17-14(16)18-12(9)7-19/h1-5H,6-8H2,(H2,16,17,18). The van der Waals surface area contributed by atoms with Crippen molar-refractivity contribution in [3.63, 3.8) is 0 Å². The van der Waals surface area contributed by atoms with Crippen molar-refractivity contribution in [1.29, 1.82) is 0 Å². The zero-order valence-corrected chi connectivity index (χ0v) is 11.9. The maximum absolute atomic E-state index is 12.8. The molecule has 7 heteroatoms. The minimum atomic E-state index is -0.281. The second-order valence-corrected chi connectivity index (χ2v) is 5.74. The molecular formula is C14H13FN4OS. The van der Waals surface area contributed by atoms with Crippen molar-refractivity contribution >= 4 is 23.6 Å². The molecular weight excluding hydrogens is 291 g/mol. The number of hydrogen-bond acceptors (Lipinski definition) is 5. The second kappa shape index (κ2) is 5.69. The summed E-state index contributed by atoms with van der Waals surface area (Å²) in [6.07, 6.45) is 1.66. The van der Waals surface area contributed by atoms with Crippen LogP contribution < -0.4 is 5.73 Å². The number of fused-ring (bicyclic) bond motifs is 1. The van der Waals surface area contributed by atoms with Crippen molar-refractivity contribution < 1.29 is 9.18 Å². The van der Waals surface area contributed by atoms with Gasteiger partial charge in [-0.2, -0.15) is 0 Å². The molecule has 0 aliphatic carbocycles. The summed E-state index contributed by atoms with van der Waals surface area (Å²) in [5.41, 5.74) is 7.28. The quantitative estimate of drug-likeness (QED) is 0.876. The van der Waals surface area contributed by atoms with E-state index in [1.165, 1.54) is 23.9 Å². The first-order valence-corrected chi connectivity index (χ1v) is 7.37. The number of benzene rings is 1. The Morgan fingerprint density at radius 2 is 2.10 bits per heavy atom. The Morgan fingerprint density at radius 3 is 2.86 bits per heavy atom. The number of rotatable bonds is 3. The number of anilines is 1. The molecule has 1 aromatic heterocycles. The lowest BCUT2D eigenvalue weighted by Gasteiger charge is -2.14. The van der Waals surface area contributed by atoms with Gasteiger partial charge in [0.15, 0.2) is 0 Å². The van der Waals surface area contributed by atoms with E-state index in [1.807, 2.05) is 0 Å². The van der Waals surface area contributed by atoms with Crippen molar-refractivity contribution in [2.45, 2.75) is 18.0 Å². The van der Waals surface area contributed by atoms with E-state index in [1.54, 1.807) is 23.2 Å². The van der Waals surface area contributed by atoms with Crippen molar-refractivity contribution in [2.24, 2.45) is 0 Å². The molecule has 0 atom stereocenters. The van der Waals surface area contributed by atoms with Gasteiger partial charge in [-0.3, -0.25) is 4.79 Å². The van der Waals surface area contributed by atoms with Gasteiger partial charge < -0.3 is 10.6 Å². The highest BCUT2D eigenvalue weighted by Crippen LogP contribution is 2.23. The molecule has 0 bridgehead atoms. The Hall–Kier alpha value is -2.15. The fourth-order valence-corrected chi connectivity index (χ4v) is 2.91. The zero-order chi connectivity index (χ0) is 14.8. The van der Waals surface area contributed by atoms with Gasteiger partial charge in [0, 0.05) is 23.2 Å². The average Bonchev–Trinajstić information content (AvgIpc) is 2.89. The first-order valence-electron chi connectivity index (χ1n) is 6.38. The molecule has 0 spiro atoms. The number of aromatic nitrogens is 2. The van der Waals surface area contributed by atoms with Gasteiger partial charge in [0.25, 0.3) is 0 Å². The highest BCUT2D eigenvalue weighted by atomic mass is 32.2. The number of nitrogen functional groups attached to an aromatic ring is 1. The topological polar surface area (TPSA) is 72.1 Å². The van der Waals surface area contributed by atoms with Crippen LogP contribution in [0.15, 0.2) is 35.4 Å². The molecule has 1 aliphatic heterocycles. The normalized spacial score (nSPS) is 13.3. The van der Waals surface area contributed by atoms with E-state index in [4.69, 9.17) is 5.73 Å². The minimum Gasteiger partial charge on any atom is -0.368 e. The van der Waals surface area contributed by atoms with Crippen LogP contribution in [-0.4, -0.2) is 26.5 Å². The zero-order valence-electron chi connectivity index (χ0n) is 11.1. The number of hydrogen-bond donors (Lipinski definition) is 1. The van der Waals surface area contributed by atoms with Crippen LogP contribution in [-0.2, 0) is 17.9 Å². The molecule has 0 unspecified atom stereocenters. The van der Waals surface area contributed by atoms with Crippen LogP contribution in [0.3, 0.4) is 0 Å². The van der Waals surface area contributed by atoms with Crippen molar-refractivity contribution in [2.75, 3.05) is 11.5 Å². The molecule has 2 heterocycles. The third-order valence-corrected chi connectivity index (χ3v) is 4.20. The predicted molar refractivity (Wildman–Crippen MR) is 77.8 cm³/mol. The average molecular weight is 304 g/mol. The summed E-state index contributed by atoms with van der Waals surface area (Å²) in [6, 6.07) is 6.10. The molecule has 1 amide bonds. The molecule has 108 valence electrons. The van der Waals surface area contributed by atoms with Crippen LogP contribution >= 0.6 is 11.8 Å². The molecule has 2 N–H and O–H groups in total. The van der Waals surface area contributed by atoms with E-state index in [0.717, 1.165) is 16.2 Å². The maximum Gasteiger partial charge on any atom is 0.233 e. The van der Waals surface area contributed by atoms with Crippen LogP contribution in [0.1, 0.15) is 11.3 Å². The molecule has 21 heavy (non-hydrogen) atoms. The summed E-state index contributed by atoms with van der Waals surface area (Å²) in [7, 11) is 0. The molecule has 0 radical (unpaired) electrons. The number of carbonyl (C=O) groups excluding carboxylic acids is 1. The molecule has 3 rings (SSSR count). The van der Waals surface area contributed by atoms with E-state index in [2.05, 4.69) is 9.97 Å². The highest BCUT2D eigenvalue weighted by molar-refractivity contribution is 8.00. The summed E-state index contributed by atoms with van der Waals surface area (Å²) in [6.45, 7) is 0.975. The second-order valence-electron chi connectivity index (χ2n) is 4.69. The summed E-state index contributed by atoms with van der Waals surface area (Å²) in [4.78, 5) is 22.8. The van der Waals surface area contributed by atoms with E-state index in [0.29, 0.717) is 18.8 Å². The van der Waals surface area contributed by atoms with Crippen LogP contribution in [0.25, 0.3) is 0 Å². The lowest BCUT2D eigenvalue weighted by Crippen LogP contribution is -2.27. The Morgan fingerprint density at radius 1 is 1.33 bits per heavy atom. The molecule has 0 saturated carbocycles. The number of nitrogens with zero attached hydrogens (tertiary/aromatic N) is 3. The SMILES string of the molecule is Nc1ncc2c(n1)CN(C(=O)CSc1ccc(F)cc1)C2. The van der Waals surface area contributed by atoms with Gasteiger partial charge in [0.1, 0.15) is 5.82 Å². The smallest absolute Gasteiger partial charge is 0.233 e. The first-order chi connectivity index (χ1) is 10.1. The van der Waals surface area contributed by atoms with Gasteiger partial charge in [-0.15, -0.1) is 11.8 Å². The fourth-order valence-electron chi connectivity index (χ4n) is 2.11. The van der Waals surface area contributed by atoms with Gasteiger partial charge in [0.05, 0.1) is 18.0 Å². The largest absolute Gasteiger partial charge is 0.368 e. The Bertz CT molecular complexity index is 677. The first kappa shape index (κ1) is 13.8. The van der Waals surface area contributed by atoms with Crippen molar-refractivity contribution in [3.8, 4) is 0 Å². The number of thioether (sulfide) groups is 1. The monoisotopic (exact) mass is 304 g/mol. The van der Waals surface area contributed by atoms with Gasteiger partial charge in [-0.25, -0.2) is 14.4 Å². The fraction of sp³-hybridized carbons (Fsp3) is 0.214. The summed E-state index contributed by atoms with van der Waals surface area (Å²) < 4.78 is 12.8. The van der Waals surface area contributed by atoms with E-state index in [9.17, 15) is 9.18 Å². The molecule has 0 fully saturated rings. The highest BCUT2D eigenvalue weighted by Gasteiger charge is 2.24. The predicted octanol–water partition coefficient (Wildman–Crippen LogP) is 1.83. The Labute approximate surface area is 125 Å². The van der Waals surface area contributed by atoms with E-state index >= 15 is 0 Å². The van der Waals surface area contributed by atoms with Crippen LogP contribution in [0.2, 0.25) is 0 Å². The number of nitrogens with two attached hydrogens (primary N) is 1. The minimum absolute atomic E-state index is 0.0147. The maximum atomic E-state index is 12.8. The molecule has 2 aromatic rings. The summed E-state index contributed by atoms with van der Waals surface area (Å²) >= 11 is 1.39. The summed E-state index contributed by atoms with van der Waals surface area (Å²) in [5.74, 6) is 0.268. The van der Waals surface area contributed by atoms with Crippen molar-refractivity contribution in [3.05, 3.63) is 47.5 Å². The van der Waals surface area contributed by atoms with Gasteiger partial charge in [0.2, 0.25) is 11.9 Å². The third-order valence-electron chi connectivity index (χ3n) is 3.20. The van der Waals surface area contributed by atoms with Crippen LogP contribution in [0.4, 0.5) is 10.3 Å². The van der Waals surface area contributed by atoms with Crippen LogP contribution in [0, 0.1) is 5.82 Å². The number of carbonyl (C=O) groups is 1. The molecule has 1 aliphatic rings. The Balaban J connectivity index is 1.59. The van der Waals surface area contributed by atoms with Crippen molar-refractivity contribution in [1.82, 2.24) is 14.9 Å². The Kier molecular flexibility index (Phi) is 3.74. The molecule has 0 saturated heterocycles. The summed E-state index contributed by atoms with van der Waals surface area (Å²) in [5, 5.41) is 0. The molecule has 1 aromatic carbocycles. The van der Waals surface area contributed by atoms with Crippen LogP contribution in [0.5, 0.6) is 0 Å². The molecule has 5 nitrogen and oxygen atoms in total. The lowest BCUT2D eigenvalue weighted by atomic mass is 10.3. The van der Waals surface area contributed by atoms with Gasteiger partial charge in [-0.1, -0.05) is 0 Å². The third kappa shape index (κ3) is 3.13. The lowest BCUT2D eigenvalue weighted by molar-refractivity contribution is -0.128. The number of amides is 1. The van der Waals surface area contributed by atoms with E-state index in [-0.39, 0.29) is 17.7 Å².